The third-order valence-corrected chi connectivity index (χ3v) is 2.38. The minimum Gasteiger partial charge on any atom is -0.378 e. The van der Waals surface area contributed by atoms with Gasteiger partial charge in [-0.05, 0) is 32.2 Å². The Labute approximate surface area is 116 Å². The number of rotatable bonds is 6. The van der Waals surface area contributed by atoms with E-state index in [0.29, 0.717) is 13.1 Å². The molecule has 0 fully saturated rings. The molecule has 0 N–H and O–H groups in total. The molecule has 0 aliphatic rings. The first-order valence-corrected chi connectivity index (χ1v) is 5.80. The van der Waals surface area contributed by atoms with Crippen LogP contribution in [-0.2, 0) is 9.59 Å². The molecule has 3 nitrogen and oxygen atoms in total. The lowest BCUT2D eigenvalue weighted by atomic mass is 10.1. The van der Waals surface area contributed by atoms with Crippen molar-refractivity contribution in [3.05, 3.63) is 23.9 Å². The minimum atomic E-state index is -5.56. The highest BCUT2D eigenvalue weighted by Gasteiger charge is 2.49. The summed E-state index contributed by atoms with van der Waals surface area (Å²) >= 11 is 0. The molecule has 0 bridgehead atoms. The Morgan fingerprint density at radius 2 is 1.29 bits per heavy atom. The van der Waals surface area contributed by atoms with Crippen molar-refractivity contribution < 1.29 is 35.9 Å². The Balaban J connectivity index is 5.54. The molecule has 0 aromatic heterocycles. The van der Waals surface area contributed by atoms with Gasteiger partial charge in [0.2, 0.25) is 0 Å². The lowest BCUT2D eigenvalue weighted by Crippen LogP contribution is -2.34. The molecule has 0 radical (unpaired) electrons. The maximum absolute atomic E-state index is 12.2. The van der Waals surface area contributed by atoms with E-state index in [9.17, 15) is 35.9 Å². The molecule has 0 heterocycles. The van der Waals surface area contributed by atoms with Crippen molar-refractivity contribution in [2.45, 2.75) is 26.2 Å². The van der Waals surface area contributed by atoms with Crippen LogP contribution in [0.4, 0.5) is 26.3 Å². The van der Waals surface area contributed by atoms with Gasteiger partial charge in [-0.1, -0.05) is 0 Å². The van der Waals surface area contributed by atoms with E-state index < -0.39 is 29.5 Å². The number of hydrogen-bond acceptors (Lipinski definition) is 3. The summed E-state index contributed by atoms with van der Waals surface area (Å²) in [5, 5.41) is 0. The second-order valence-corrected chi connectivity index (χ2v) is 3.80. The topological polar surface area (TPSA) is 37.4 Å². The van der Waals surface area contributed by atoms with Crippen molar-refractivity contribution in [1.29, 1.82) is 0 Å². The number of carbonyl (C=O) groups excluding carboxylic acids is 2. The van der Waals surface area contributed by atoms with E-state index in [2.05, 4.69) is 0 Å². The molecule has 0 atom stereocenters. The number of alkyl halides is 6. The molecule has 0 saturated carbocycles. The summed E-state index contributed by atoms with van der Waals surface area (Å²) in [4.78, 5) is 23.4. The molecule has 0 amide bonds. The van der Waals surface area contributed by atoms with Crippen LogP contribution in [0.1, 0.15) is 13.8 Å². The normalized spacial score (nSPS) is 12.4. The van der Waals surface area contributed by atoms with Crippen molar-refractivity contribution in [2.24, 2.45) is 0 Å². The van der Waals surface area contributed by atoms with Crippen LogP contribution in [0.5, 0.6) is 0 Å². The van der Waals surface area contributed by atoms with Gasteiger partial charge in [-0.15, -0.1) is 0 Å². The lowest BCUT2D eigenvalue weighted by Gasteiger charge is -2.14. The molecule has 0 aliphatic heterocycles. The predicted molar refractivity (Wildman–Crippen MR) is 62.3 cm³/mol. The van der Waals surface area contributed by atoms with E-state index in [1.165, 1.54) is 6.20 Å². The first-order valence-electron chi connectivity index (χ1n) is 5.80. The number of nitrogens with zero attached hydrogens (tertiary/aromatic N) is 1. The zero-order chi connectivity index (χ0) is 16.8. The molecule has 21 heavy (non-hydrogen) atoms. The fraction of sp³-hybridized carbons (Fsp3) is 0.500. The second kappa shape index (κ2) is 7.28. The summed E-state index contributed by atoms with van der Waals surface area (Å²) in [6, 6.07) is 0. The van der Waals surface area contributed by atoms with Gasteiger partial charge in [0.1, 0.15) is 0 Å². The number of Topliss-reactive ketones (excluding diaryl/α,β-unsaturated/α-hetero) is 2. The largest absolute Gasteiger partial charge is 0.455 e. The van der Waals surface area contributed by atoms with Gasteiger partial charge in [-0.2, -0.15) is 26.3 Å². The Bertz CT molecular complexity index is 416. The SMILES string of the molecule is CCN(/C=C/C=C(C(=O)C(F)(F)F)C(=O)C(F)(F)F)CC. The fourth-order valence-corrected chi connectivity index (χ4v) is 1.26. The molecular formula is C12H13F6NO2. The first-order chi connectivity index (χ1) is 9.45. The van der Waals surface area contributed by atoms with Gasteiger partial charge < -0.3 is 4.90 Å². The van der Waals surface area contributed by atoms with Gasteiger partial charge in [-0.25, -0.2) is 0 Å². The van der Waals surface area contributed by atoms with Crippen molar-refractivity contribution in [2.75, 3.05) is 13.1 Å². The van der Waals surface area contributed by atoms with Crippen LogP contribution >= 0.6 is 0 Å². The summed E-state index contributed by atoms with van der Waals surface area (Å²) in [7, 11) is 0. The molecule has 0 unspecified atom stereocenters. The summed E-state index contributed by atoms with van der Waals surface area (Å²) < 4.78 is 73.3. The smallest absolute Gasteiger partial charge is 0.378 e. The number of carbonyl (C=O) groups is 2. The standard InChI is InChI=1S/C12H13F6NO2/c1-3-19(4-2)7-5-6-8(9(20)11(13,14)15)10(21)12(16,17)18/h5-7H,3-4H2,1-2H3/b7-5+. The quantitative estimate of drug-likeness (QED) is 0.248. The van der Waals surface area contributed by atoms with Gasteiger partial charge in [0.15, 0.2) is 0 Å². The molecular weight excluding hydrogens is 304 g/mol. The average molecular weight is 317 g/mol. The van der Waals surface area contributed by atoms with Crippen molar-refractivity contribution in [1.82, 2.24) is 4.90 Å². The van der Waals surface area contributed by atoms with Crippen LogP contribution < -0.4 is 0 Å². The lowest BCUT2D eigenvalue weighted by molar-refractivity contribution is -0.175. The van der Waals surface area contributed by atoms with Crippen LogP contribution in [-0.4, -0.2) is 41.9 Å². The fourth-order valence-electron chi connectivity index (χ4n) is 1.26. The molecule has 0 spiro atoms. The molecule has 0 aliphatic carbocycles. The van der Waals surface area contributed by atoms with Gasteiger partial charge in [0.05, 0.1) is 5.57 Å². The van der Waals surface area contributed by atoms with Crippen LogP contribution in [0.3, 0.4) is 0 Å². The maximum atomic E-state index is 12.2. The highest BCUT2D eigenvalue weighted by molar-refractivity contribution is 6.23. The van der Waals surface area contributed by atoms with Gasteiger partial charge >= 0.3 is 12.4 Å². The molecule has 0 aromatic rings. The van der Waals surface area contributed by atoms with Gasteiger partial charge in [0.25, 0.3) is 11.6 Å². The zero-order valence-electron chi connectivity index (χ0n) is 11.2. The third kappa shape index (κ3) is 6.01. The van der Waals surface area contributed by atoms with Gasteiger partial charge in [0, 0.05) is 13.1 Å². The van der Waals surface area contributed by atoms with Crippen LogP contribution in [0.25, 0.3) is 0 Å². The summed E-state index contributed by atoms with van der Waals surface area (Å²) in [5.74, 6) is -5.65. The number of halogens is 6. The van der Waals surface area contributed by atoms with Crippen LogP contribution in [0.15, 0.2) is 23.9 Å². The van der Waals surface area contributed by atoms with Crippen molar-refractivity contribution in [3.63, 3.8) is 0 Å². The molecule has 120 valence electrons. The van der Waals surface area contributed by atoms with E-state index >= 15 is 0 Å². The first kappa shape index (κ1) is 19.2. The van der Waals surface area contributed by atoms with E-state index in [-0.39, 0.29) is 6.08 Å². The maximum Gasteiger partial charge on any atom is 0.455 e. The average Bonchev–Trinajstić information content (AvgIpc) is 2.35. The monoisotopic (exact) mass is 317 g/mol. The Morgan fingerprint density at radius 3 is 1.57 bits per heavy atom. The molecule has 9 heteroatoms. The van der Waals surface area contributed by atoms with E-state index in [4.69, 9.17) is 0 Å². The van der Waals surface area contributed by atoms with E-state index in [1.54, 1.807) is 18.7 Å². The predicted octanol–water partition coefficient (Wildman–Crippen LogP) is 3.03. The van der Waals surface area contributed by atoms with Crippen LogP contribution in [0.2, 0.25) is 0 Å². The number of hydrogen-bond donors (Lipinski definition) is 0. The number of allylic oxidation sites excluding steroid dienone is 3. The van der Waals surface area contributed by atoms with Crippen LogP contribution in [0, 0.1) is 0 Å². The van der Waals surface area contributed by atoms with E-state index in [1.807, 2.05) is 0 Å². The molecule has 0 saturated heterocycles. The Hall–Kier alpha value is -1.80. The highest BCUT2D eigenvalue weighted by Crippen LogP contribution is 2.27. The Kier molecular flexibility index (Phi) is 6.65. The molecule has 0 rings (SSSR count). The Morgan fingerprint density at radius 1 is 0.905 bits per heavy atom. The summed E-state index contributed by atoms with van der Waals surface area (Å²) in [6.45, 7) is 4.33. The minimum absolute atomic E-state index is 0.226. The van der Waals surface area contributed by atoms with E-state index in [0.717, 1.165) is 6.08 Å². The third-order valence-electron chi connectivity index (χ3n) is 2.38. The number of ketones is 2. The summed E-state index contributed by atoms with van der Waals surface area (Å²) in [6.07, 6.45) is -8.90. The molecule has 0 aromatic carbocycles. The second-order valence-electron chi connectivity index (χ2n) is 3.80. The zero-order valence-corrected chi connectivity index (χ0v) is 11.2. The highest BCUT2D eigenvalue weighted by atomic mass is 19.4. The van der Waals surface area contributed by atoms with Gasteiger partial charge in [-0.3, -0.25) is 9.59 Å². The summed E-state index contributed by atoms with van der Waals surface area (Å²) in [5.41, 5.74) is -1.96. The van der Waals surface area contributed by atoms with Crippen molar-refractivity contribution >= 4 is 11.6 Å². The van der Waals surface area contributed by atoms with Crippen molar-refractivity contribution in [3.8, 4) is 0 Å².